The van der Waals surface area contributed by atoms with Crippen LogP contribution in [0, 0.1) is 0 Å². The van der Waals surface area contributed by atoms with E-state index >= 15 is 0 Å². The molecule has 1 aromatic heterocycles. The van der Waals surface area contributed by atoms with Gasteiger partial charge in [0.2, 0.25) is 0 Å². The van der Waals surface area contributed by atoms with Gasteiger partial charge >= 0.3 is 244 Å². The second-order valence-electron chi connectivity index (χ2n) is 13.6. The Labute approximate surface area is 266 Å². The van der Waals surface area contributed by atoms with Crippen molar-refractivity contribution in [1.29, 1.82) is 0 Å². The third-order valence-corrected chi connectivity index (χ3v) is 17.6. The second kappa shape index (κ2) is 12.3. The van der Waals surface area contributed by atoms with Gasteiger partial charge in [0.25, 0.3) is 0 Å². The summed E-state index contributed by atoms with van der Waals surface area (Å²) in [5, 5.41) is 4.63. The van der Waals surface area contributed by atoms with Gasteiger partial charge in [-0.05, 0) is 0 Å². The van der Waals surface area contributed by atoms with Crippen LogP contribution in [0.3, 0.4) is 0 Å². The summed E-state index contributed by atoms with van der Waals surface area (Å²) in [6, 6.07) is 15.0. The summed E-state index contributed by atoms with van der Waals surface area (Å²) < 4.78 is 5.61. The van der Waals surface area contributed by atoms with Crippen molar-refractivity contribution in [2.75, 3.05) is 0 Å². The van der Waals surface area contributed by atoms with E-state index in [-0.39, 0.29) is 35.6 Å². The van der Waals surface area contributed by atoms with Gasteiger partial charge in [-0.15, -0.1) is 0 Å². The van der Waals surface area contributed by atoms with Crippen LogP contribution in [0.2, 0.25) is 0 Å². The molecule has 3 aliphatic carbocycles. The van der Waals surface area contributed by atoms with Crippen LogP contribution in [-0.2, 0) is 38.5 Å². The second-order valence-corrected chi connectivity index (χ2v) is 20.8. The molecule has 210 valence electrons. The molecule has 4 heteroatoms. The van der Waals surface area contributed by atoms with Crippen molar-refractivity contribution in [2.24, 2.45) is 0 Å². The molecule has 0 radical (unpaired) electrons. The topological polar surface area (TPSA) is 0 Å². The van der Waals surface area contributed by atoms with Crippen LogP contribution in [-0.4, -0.2) is 3.21 Å². The SMILES string of the molecule is CC(C)(C)c1ccc2c(c1)-c1cc(C(C)(C)C)c[c]([Zr+2]([C]3=C(c4ccsc4)C=CC3)=[C]3CCCCC3)c1C2.[Cl-].[Cl-]. The fourth-order valence-electron chi connectivity index (χ4n) is 6.62. The molecule has 0 N–H and O–H groups in total. The number of hydrogen-bond donors (Lipinski definition) is 0. The maximum absolute atomic E-state index is 2.71. The molecule has 1 fully saturated rings. The van der Waals surface area contributed by atoms with Gasteiger partial charge in [0.15, 0.2) is 0 Å². The zero-order valence-electron chi connectivity index (χ0n) is 24.9. The van der Waals surface area contributed by atoms with Crippen molar-refractivity contribution in [3.05, 3.63) is 90.4 Å². The molecule has 0 bridgehead atoms. The normalized spacial score (nSPS) is 16.2. The minimum atomic E-state index is -2.32. The van der Waals surface area contributed by atoms with E-state index in [1.54, 1.807) is 20.0 Å². The molecule has 40 heavy (non-hydrogen) atoms. The molecule has 0 atom stereocenters. The fourth-order valence-corrected chi connectivity index (χ4v) is 16.2. The van der Waals surface area contributed by atoms with Gasteiger partial charge < -0.3 is 24.8 Å². The first-order chi connectivity index (χ1) is 18.1. The Morgan fingerprint density at radius 2 is 1.48 bits per heavy atom. The maximum atomic E-state index is 2.71. The summed E-state index contributed by atoms with van der Waals surface area (Å²) in [5.41, 5.74) is 12.6. The molecular formula is C36H42Cl2SZr. The number of benzene rings is 2. The quantitative estimate of drug-likeness (QED) is 0.313. The van der Waals surface area contributed by atoms with E-state index in [0.29, 0.717) is 0 Å². The molecule has 1 saturated carbocycles. The Morgan fingerprint density at radius 3 is 2.12 bits per heavy atom. The van der Waals surface area contributed by atoms with Crippen LogP contribution in [0.25, 0.3) is 16.7 Å². The van der Waals surface area contributed by atoms with Gasteiger partial charge in [0, 0.05) is 0 Å². The minimum absolute atomic E-state index is 0. The molecule has 0 unspecified atom stereocenters. The van der Waals surface area contributed by atoms with Crippen molar-refractivity contribution < 1.29 is 46.1 Å². The van der Waals surface area contributed by atoms with Crippen molar-refractivity contribution in [3.8, 4) is 11.1 Å². The zero-order valence-corrected chi connectivity index (χ0v) is 29.7. The smallest absolute Gasteiger partial charge is 1.00 e. The van der Waals surface area contributed by atoms with E-state index in [1.165, 1.54) is 66.3 Å². The summed E-state index contributed by atoms with van der Waals surface area (Å²) in [5.74, 6) is 0. The first-order valence-electron chi connectivity index (χ1n) is 14.6. The molecule has 3 aliphatic rings. The van der Waals surface area contributed by atoms with E-state index in [2.05, 4.69) is 101 Å². The largest absolute Gasteiger partial charge is 1.00 e. The van der Waals surface area contributed by atoms with E-state index in [0.717, 1.165) is 6.42 Å². The Hall–Kier alpha value is -1.05. The molecule has 3 aromatic rings. The maximum Gasteiger partial charge on any atom is -1.00 e. The fraction of sp³-hybridized carbons (Fsp3) is 0.417. The van der Waals surface area contributed by atoms with Crippen LogP contribution in [0.1, 0.15) is 108 Å². The van der Waals surface area contributed by atoms with Crippen LogP contribution in [0.4, 0.5) is 0 Å². The van der Waals surface area contributed by atoms with Gasteiger partial charge in [-0.25, -0.2) is 0 Å². The molecule has 0 amide bonds. The average Bonchev–Trinajstić information content (AvgIpc) is 3.63. The molecule has 0 aliphatic heterocycles. The minimum Gasteiger partial charge on any atom is -1.00 e. The summed E-state index contributed by atoms with van der Waals surface area (Å²) in [4.78, 5) is 0. The number of fused-ring (bicyclic) bond motifs is 3. The summed E-state index contributed by atoms with van der Waals surface area (Å²) in [6.07, 6.45) is 14.1. The standard InChI is InChI=1S/C21H25.C9H7S.C6H10.2ClH.Zr/c1-20(2,3)16-9-7-14-11-15-8-10-17(21(4,5)6)13-19(15)18(14)12-16;1-2-4-8(3-1)9-5-6-10-7-9;1-2-4-6-5-3-1;;;/h7,9-10,12-13H,11H2,1-6H3;1,3,5-7H,2H2;1-5H2;2*1H;/q;;;;;+2/p-2. The van der Waals surface area contributed by atoms with E-state index in [9.17, 15) is 0 Å². The molecular weight excluding hydrogens is 627 g/mol. The van der Waals surface area contributed by atoms with E-state index in [1.807, 2.05) is 17.8 Å². The van der Waals surface area contributed by atoms with Crippen LogP contribution >= 0.6 is 11.3 Å². The predicted molar refractivity (Wildman–Crippen MR) is 165 cm³/mol. The third kappa shape index (κ3) is 6.04. The number of rotatable bonds is 3. The van der Waals surface area contributed by atoms with Crippen LogP contribution < -0.4 is 28.1 Å². The third-order valence-electron chi connectivity index (χ3n) is 8.89. The van der Waals surface area contributed by atoms with Crippen molar-refractivity contribution >= 4 is 23.4 Å². The summed E-state index contributed by atoms with van der Waals surface area (Å²) >= 11 is -0.478. The van der Waals surface area contributed by atoms with Crippen LogP contribution in [0.5, 0.6) is 0 Å². The molecule has 6 rings (SSSR count). The van der Waals surface area contributed by atoms with Crippen LogP contribution in [0.15, 0.2) is 62.6 Å². The Bertz CT molecular complexity index is 1480. The van der Waals surface area contributed by atoms with Gasteiger partial charge in [-0.1, -0.05) is 0 Å². The van der Waals surface area contributed by atoms with Gasteiger partial charge in [-0.3, -0.25) is 0 Å². The predicted octanol–water partition coefficient (Wildman–Crippen LogP) is 3.67. The number of allylic oxidation sites excluding steroid dienone is 4. The van der Waals surface area contributed by atoms with Gasteiger partial charge in [0.1, 0.15) is 0 Å². The van der Waals surface area contributed by atoms with Gasteiger partial charge in [0.05, 0.1) is 0 Å². The average molecular weight is 669 g/mol. The zero-order chi connectivity index (χ0) is 26.7. The first-order valence-corrected chi connectivity index (χ1v) is 19.2. The number of halogens is 2. The molecule has 1 heterocycles. The summed E-state index contributed by atoms with van der Waals surface area (Å²) in [7, 11) is 0. The Balaban J connectivity index is 0.00000185. The molecule has 0 spiro atoms. The van der Waals surface area contributed by atoms with Crippen molar-refractivity contribution in [2.45, 2.75) is 97.3 Å². The van der Waals surface area contributed by atoms with Crippen molar-refractivity contribution in [3.63, 3.8) is 0 Å². The number of hydrogen-bond acceptors (Lipinski definition) is 1. The number of thiophene rings is 1. The molecule has 2 aromatic carbocycles. The van der Waals surface area contributed by atoms with E-state index in [4.69, 9.17) is 0 Å². The Kier molecular flexibility index (Phi) is 9.79. The molecule has 0 saturated heterocycles. The monoisotopic (exact) mass is 666 g/mol. The summed E-state index contributed by atoms with van der Waals surface area (Å²) in [6.45, 7) is 14.3. The van der Waals surface area contributed by atoms with E-state index < -0.39 is 21.3 Å². The first kappa shape index (κ1) is 31.9. The molecule has 0 nitrogen and oxygen atoms in total. The van der Waals surface area contributed by atoms with Gasteiger partial charge in [-0.2, -0.15) is 0 Å². The Morgan fingerprint density at radius 1 is 0.775 bits per heavy atom. The van der Waals surface area contributed by atoms with Crippen molar-refractivity contribution in [1.82, 2.24) is 0 Å².